The van der Waals surface area contributed by atoms with Gasteiger partial charge in [0, 0.05) is 9.03 Å². The van der Waals surface area contributed by atoms with Crippen LogP contribution in [0, 0.1) is 3.57 Å². The molecule has 0 bridgehead atoms. The first-order valence-electron chi connectivity index (χ1n) is 6.10. The molecular weight excluding hydrogens is 417 g/mol. The molecule has 118 valence electrons. The highest BCUT2D eigenvalue weighted by Crippen LogP contribution is 2.29. The van der Waals surface area contributed by atoms with Crippen LogP contribution in [0.15, 0.2) is 18.2 Å². The fourth-order valence-electron chi connectivity index (χ4n) is 1.88. The summed E-state index contributed by atoms with van der Waals surface area (Å²) >= 11 is 1.71. The zero-order chi connectivity index (χ0) is 16.5. The second-order valence-electron chi connectivity index (χ2n) is 4.75. The molecule has 0 atom stereocenters. The topological polar surface area (TPSA) is 55.8 Å². The number of carbonyl (C=O) groups excluding carboxylic acids is 2. The first kappa shape index (κ1) is 17.1. The summed E-state index contributed by atoms with van der Waals surface area (Å²) in [5, 5.41) is 0. The molecule has 0 unspecified atom stereocenters. The third-order valence-electron chi connectivity index (χ3n) is 2.79. The van der Waals surface area contributed by atoms with E-state index in [9.17, 15) is 22.8 Å². The van der Waals surface area contributed by atoms with Crippen LogP contribution in [-0.2, 0) is 25.1 Å². The number of halogens is 4. The Balaban J connectivity index is 2.34. The van der Waals surface area contributed by atoms with E-state index in [1.807, 2.05) is 0 Å². The van der Waals surface area contributed by atoms with Gasteiger partial charge in [-0.25, -0.2) is 0 Å². The van der Waals surface area contributed by atoms with Crippen LogP contribution >= 0.6 is 22.6 Å². The van der Waals surface area contributed by atoms with Crippen molar-refractivity contribution >= 4 is 47.1 Å². The van der Waals surface area contributed by atoms with Gasteiger partial charge in [-0.3, -0.25) is 14.5 Å². The monoisotopic (exact) mass is 427 g/mol. The van der Waals surface area contributed by atoms with Gasteiger partial charge >= 0.3 is 25.2 Å². The van der Waals surface area contributed by atoms with E-state index in [4.69, 9.17) is 9.31 Å². The number of carbonyl (C=O) groups is 2. The summed E-state index contributed by atoms with van der Waals surface area (Å²) in [4.78, 5) is 24.6. The number of rotatable bonds is 1. The van der Waals surface area contributed by atoms with Crippen molar-refractivity contribution in [1.29, 1.82) is 0 Å². The van der Waals surface area contributed by atoms with Gasteiger partial charge in [0.05, 0.1) is 18.7 Å². The summed E-state index contributed by atoms with van der Waals surface area (Å²) in [6, 6.07) is 3.12. The van der Waals surface area contributed by atoms with Gasteiger partial charge in [0.25, 0.3) is 0 Å². The molecule has 0 spiro atoms. The molecule has 1 aromatic carbocycles. The Hall–Kier alpha value is -1.30. The van der Waals surface area contributed by atoms with E-state index in [2.05, 4.69) is 0 Å². The second-order valence-corrected chi connectivity index (χ2v) is 6.00. The highest BCUT2D eigenvalue weighted by atomic mass is 127. The van der Waals surface area contributed by atoms with Crippen molar-refractivity contribution in [3.8, 4) is 0 Å². The third kappa shape index (κ3) is 4.35. The number of nitrogens with zero attached hydrogens (tertiary/aromatic N) is 1. The summed E-state index contributed by atoms with van der Waals surface area (Å²) in [5.74, 6) is -1.38. The summed E-state index contributed by atoms with van der Waals surface area (Å²) in [5.41, 5.74) is -0.939. The van der Waals surface area contributed by atoms with Crippen molar-refractivity contribution in [3.63, 3.8) is 0 Å². The van der Waals surface area contributed by atoms with Crippen molar-refractivity contribution in [2.75, 3.05) is 20.1 Å². The van der Waals surface area contributed by atoms with Gasteiger partial charge in [-0.05, 0) is 47.8 Å². The molecule has 22 heavy (non-hydrogen) atoms. The van der Waals surface area contributed by atoms with Crippen LogP contribution in [0.25, 0.3) is 0 Å². The Morgan fingerprint density at radius 3 is 2.18 bits per heavy atom. The molecule has 10 heteroatoms. The van der Waals surface area contributed by atoms with Crippen molar-refractivity contribution in [2.45, 2.75) is 6.18 Å². The number of likely N-dealkylation sites (N-methyl/N-ethyl adjacent to an activating group) is 1. The number of benzene rings is 1. The first-order chi connectivity index (χ1) is 10.1. The standard InChI is InChI=1S/C12H10BF3INO4/c1-18-5-10(19)21-13(22-11(20)6-18)8-2-7(12(14,15)16)3-9(17)4-8/h2-4H,5-6H2,1H3. The predicted molar refractivity (Wildman–Crippen MR) is 79.2 cm³/mol. The molecular formula is C12H10BF3INO4. The lowest BCUT2D eigenvalue weighted by Crippen LogP contribution is -2.48. The van der Waals surface area contributed by atoms with Crippen LogP contribution in [0.3, 0.4) is 0 Å². The minimum absolute atomic E-state index is 0.0366. The second kappa shape index (κ2) is 6.45. The molecule has 1 fully saturated rings. The molecule has 0 aliphatic carbocycles. The molecule has 2 rings (SSSR count). The van der Waals surface area contributed by atoms with Crippen LogP contribution in [-0.4, -0.2) is 44.1 Å². The lowest BCUT2D eigenvalue weighted by Gasteiger charge is -2.23. The molecule has 0 radical (unpaired) electrons. The smallest absolute Gasteiger partial charge is 0.494 e. The largest absolute Gasteiger partial charge is 0.636 e. The molecule has 1 aromatic rings. The highest BCUT2D eigenvalue weighted by molar-refractivity contribution is 14.1. The van der Waals surface area contributed by atoms with E-state index >= 15 is 0 Å². The summed E-state index contributed by atoms with van der Waals surface area (Å²) in [6.45, 7) is -0.302. The Morgan fingerprint density at radius 2 is 1.68 bits per heavy atom. The van der Waals surface area contributed by atoms with Crippen molar-refractivity contribution < 1.29 is 32.1 Å². The first-order valence-corrected chi connectivity index (χ1v) is 7.18. The van der Waals surface area contributed by atoms with Gasteiger partial charge in [-0.2, -0.15) is 13.2 Å². The third-order valence-corrected chi connectivity index (χ3v) is 3.42. The minimum atomic E-state index is -4.55. The fourth-order valence-corrected chi connectivity index (χ4v) is 2.58. The Labute approximate surface area is 138 Å². The molecule has 5 nitrogen and oxygen atoms in total. The van der Waals surface area contributed by atoms with Gasteiger partial charge in [-0.15, -0.1) is 0 Å². The van der Waals surface area contributed by atoms with Gasteiger partial charge in [-0.1, -0.05) is 0 Å². The number of hydrogen-bond donors (Lipinski definition) is 0. The Bertz CT molecular complexity index is 591. The van der Waals surface area contributed by atoms with Crippen LogP contribution < -0.4 is 5.46 Å². The lowest BCUT2D eigenvalue weighted by atomic mass is 9.77. The lowest BCUT2D eigenvalue weighted by molar-refractivity contribution is -0.145. The summed E-state index contributed by atoms with van der Waals surface area (Å²) < 4.78 is 48.7. The maximum absolute atomic E-state index is 12.8. The maximum Gasteiger partial charge on any atom is 0.636 e. The van der Waals surface area contributed by atoms with Crippen LogP contribution in [0.2, 0.25) is 0 Å². The molecule has 0 N–H and O–H groups in total. The predicted octanol–water partition coefficient (Wildman–Crippen LogP) is 1.04. The highest BCUT2D eigenvalue weighted by Gasteiger charge is 2.37. The zero-order valence-electron chi connectivity index (χ0n) is 11.3. The quantitative estimate of drug-likeness (QED) is 0.496. The molecule has 1 heterocycles. The van der Waals surface area contributed by atoms with Gasteiger partial charge in [0.1, 0.15) is 0 Å². The molecule has 0 aromatic heterocycles. The maximum atomic E-state index is 12.8. The normalized spacial score (nSPS) is 17.6. The Kier molecular flexibility index (Phi) is 5.00. The molecule has 1 aliphatic rings. The minimum Gasteiger partial charge on any atom is -0.494 e. The molecule has 0 amide bonds. The molecule has 0 saturated carbocycles. The average molecular weight is 427 g/mol. The molecule has 1 saturated heterocycles. The molecule has 1 aliphatic heterocycles. The average Bonchev–Trinajstić information content (AvgIpc) is 2.34. The SMILES string of the molecule is CN1CC(=O)OB(c2cc(I)cc(C(F)(F)F)c2)OC(=O)C1. The van der Waals surface area contributed by atoms with E-state index in [-0.39, 0.29) is 22.1 Å². The summed E-state index contributed by atoms with van der Waals surface area (Å²) in [7, 11) is 0.0419. The van der Waals surface area contributed by atoms with Crippen molar-refractivity contribution in [3.05, 3.63) is 27.3 Å². The number of alkyl halides is 3. The van der Waals surface area contributed by atoms with Crippen LogP contribution in [0.1, 0.15) is 5.56 Å². The summed E-state index contributed by atoms with van der Waals surface area (Å²) in [6.07, 6.45) is -4.55. The van der Waals surface area contributed by atoms with Gasteiger partial charge in [0.2, 0.25) is 0 Å². The van der Waals surface area contributed by atoms with E-state index in [0.717, 1.165) is 12.1 Å². The van der Waals surface area contributed by atoms with Crippen LogP contribution in [0.4, 0.5) is 13.2 Å². The van der Waals surface area contributed by atoms with Gasteiger partial charge in [0.15, 0.2) is 0 Å². The van der Waals surface area contributed by atoms with Crippen LogP contribution in [0.5, 0.6) is 0 Å². The van der Waals surface area contributed by atoms with E-state index in [0.29, 0.717) is 0 Å². The van der Waals surface area contributed by atoms with Gasteiger partial charge < -0.3 is 9.31 Å². The zero-order valence-corrected chi connectivity index (χ0v) is 13.5. The van der Waals surface area contributed by atoms with Crippen molar-refractivity contribution in [1.82, 2.24) is 4.90 Å². The van der Waals surface area contributed by atoms with E-state index in [1.54, 1.807) is 22.6 Å². The van der Waals surface area contributed by atoms with E-state index in [1.165, 1.54) is 18.0 Å². The number of hydrogen-bond acceptors (Lipinski definition) is 5. The fraction of sp³-hybridized carbons (Fsp3) is 0.333. The Morgan fingerprint density at radius 1 is 1.14 bits per heavy atom. The van der Waals surface area contributed by atoms with Crippen molar-refractivity contribution in [2.24, 2.45) is 0 Å². The van der Waals surface area contributed by atoms with E-state index < -0.39 is 30.8 Å².